The molecule has 2 N–H and O–H groups in total. The van der Waals surface area contributed by atoms with Crippen molar-refractivity contribution in [3.05, 3.63) is 24.0 Å². The molecule has 1 fully saturated rings. The van der Waals surface area contributed by atoms with Crippen LogP contribution in [0.4, 0.5) is 0 Å². The van der Waals surface area contributed by atoms with Crippen molar-refractivity contribution in [3.63, 3.8) is 0 Å². The SMILES string of the molecule is CCN(C1CCCC1)S(=O)(=O)c1cccnc1CN. The highest BCUT2D eigenvalue weighted by Crippen LogP contribution is 2.29. The number of pyridine rings is 1. The van der Waals surface area contributed by atoms with Gasteiger partial charge in [0, 0.05) is 25.3 Å². The fraction of sp³-hybridized carbons (Fsp3) is 0.615. The Kier molecular flexibility index (Phi) is 4.54. The van der Waals surface area contributed by atoms with Crippen molar-refractivity contribution >= 4 is 10.0 Å². The van der Waals surface area contributed by atoms with Crippen LogP contribution in [0, 0.1) is 0 Å². The largest absolute Gasteiger partial charge is 0.325 e. The topological polar surface area (TPSA) is 76.3 Å². The zero-order valence-electron chi connectivity index (χ0n) is 11.2. The average Bonchev–Trinajstić information content (AvgIpc) is 2.93. The molecule has 0 atom stereocenters. The van der Waals surface area contributed by atoms with Gasteiger partial charge in [0.25, 0.3) is 0 Å². The highest BCUT2D eigenvalue weighted by Gasteiger charge is 2.33. The lowest BCUT2D eigenvalue weighted by atomic mass is 10.2. The molecule has 5 nitrogen and oxygen atoms in total. The molecular formula is C13H21N3O2S. The van der Waals surface area contributed by atoms with Gasteiger partial charge in [-0.25, -0.2) is 8.42 Å². The number of hydrogen-bond donors (Lipinski definition) is 1. The number of nitrogens with two attached hydrogens (primary N) is 1. The van der Waals surface area contributed by atoms with Crippen LogP contribution in [-0.4, -0.2) is 30.3 Å². The van der Waals surface area contributed by atoms with Gasteiger partial charge in [-0.15, -0.1) is 0 Å². The maximum atomic E-state index is 12.8. The average molecular weight is 283 g/mol. The summed E-state index contributed by atoms with van der Waals surface area (Å²) in [7, 11) is -3.49. The van der Waals surface area contributed by atoms with Crippen LogP contribution in [0.3, 0.4) is 0 Å². The molecular weight excluding hydrogens is 262 g/mol. The van der Waals surface area contributed by atoms with Gasteiger partial charge in [0.2, 0.25) is 10.0 Å². The summed E-state index contributed by atoms with van der Waals surface area (Å²) < 4.78 is 27.1. The second-order valence-electron chi connectivity index (χ2n) is 4.80. The molecule has 0 radical (unpaired) electrons. The van der Waals surface area contributed by atoms with Crippen molar-refractivity contribution in [1.82, 2.24) is 9.29 Å². The van der Waals surface area contributed by atoms with Gasteiger partial charge in [-0.1, -0.05) is 19.8 Å². The Morgan fingerprint density at radius 1 is 1.42 bits per heavy atom. The quantitative estimate of drug-likeness (QED) is 0.888. The maximum Gasteiger partial charge on any atom is 0.245 e. The standard InChI is InChI=1S/C13H21N3O2S/c1-2-16(11-6-3-4-7-11)19(17,18)13-8-5-9-15-12(13)10-14/h5,8-9,11H,2-4,6-7,10,14H2,1H3. The summed E-state index contributed by atoms with van der Waals surface area (Å²) in [6, 6.07) is 3.37. The molecule has 0 bridgehead atoms. The van der Waals surface area contributed by atoms with Gasteiger partial charge < -0.3 is 5.73 Å². The highest BCUT2D eigenvalue weighted by molar-refractivity contribution is 7.89. The van der Waals surface area contributed by atoms with Gasteiger partial charge >= 0.3 is 0 Å². The van der Waals surface area contributed by atoms with E-state index in [4.69, 9.17) is 5.73 Å². The normalized spacial score (nSPS) is 17.2. The van der Waals surface area contributed by atoms with E-state index in [2.05, 4.69) is 4.98 Å². The van der Waals surface area contributed by atoms with Crippen LogP contribution in [0.1, 0.15) is 38.3 Å². The number of nitrogens with zero attached hydrogens (tertiary/aromatic N) is 2. The second kappa shape index (κ2) is 5.98. The van der Waals surface area contributed by atoms with Crippen molar-refractivity contribution in [2.75, 3.05) is 6.54 Å². The zero-order chi connectivity index (χ0) is 13.9. The summed E-state index contributed by atoms with van der Waals surface area (Å²) in [6.07, 6.45) is 5.69. The van der Waals surface area contributed by atoms with Gasteiger partial charge in [0.15, 0.2) is 0 Å². The third-order valence-corrected chi connectivity index (χ3v) is 5.77. The van der Waals surface area contributed by atoms with Gasteiger partial charge in [0.05, 0.1) is 5.69 Å². The smallest absolute Gasteiger partial charge is 0.245 e. The van der Waals surface area contributed by atoms with Crippen molar-refractivity contribution in [1.29, 1.82) is 0 Å². The first-order valence-corrected chi connectivity index (χ1v) is 8.21. The molecule has 0 unspecified atom stereocenters. The Labute approximate surface area is 114 Å². The van der Waals surface area contributed by atoms with Gasteiger partial charge in [-0.05, 0) is 25.0 Å². The van der Waals surface area contributed by atoms with E-state index in [1.165, 1.54) is 0 Å². The number of hydrogen-bond acceptors (Lipinski definition) is 4. The van der Waals surface area contributed by atoms with E-state index >= 15 is 0 Å². The fourth-order valence-electron chi connectivity index (χ4n) is 2.75. The molecule has 1 saturated carbocycles. The third kappa shape index (κ3) is 2.80. The summed E-state index contributed by atoms with van der Waals surface area (Å²) in [6.45, 7) is 2.51. The van der Waals surface area contributed by atoms with Crippen molar-refractivity contribution in [3.8, 4) is 0 Å². The summed E-state index contributed by atoms with van der Waals surface area (Å²) >= 11 is 0. The fourth-order valence-corrected chi connectivity index (χ4v) is 4.63. The predicted molar refractivity (Wildman–Crippen MR) is 74.0 cm³/mol. The molecule has 1 aliphatic rings. The number of aromatic nitrogens is 1. The van der Waals surface area contributed by atoms with Crippen molar-refractivity contribution < 1.29 is 8.42 Å². The van der Waals surface area contributed by atoms with Gasteiger partial charge in [-0.3, -0.25) is 4.98 Å². The Morgan fingerprint density at radius 2 is 2.11 bits per heavy atom. The first-order valence-electron chi connectivity index (χ1n) is 6.77. The minimum Gasteiger partial charge on any atom is -0.325 e. The molecule has 1 aliphatic carbocycles. The monoisotopic (exact) mass is 283 g/mol. The summed E-state index contributed by atoms with van der Waals surface area (Å²) in [5.74, 6) is 0. The molecule has 1 aromatic rings. The lowest BCUT2D eigenvalue weighted by molar-refractivity contribution is 0.335. The first-order chi connectivity index (χ1) is 9.11. The lowest BCUT2D eigenvalue weighted by Crippen LogP contribution is -2.39. The Balaban J connectivity index is 2.39. The predicted octanol–water partition coefficient (Wildman–Crippen LogP) is 1.49. The third-order valence-electron chi connectivity index (χ3n) is 3.67. The Bertz CT molecular complexity index is 524. The van der Waals surface area contributed by atoms with E-state index in [0.717, 1.165) is 25.7 Å². The van der Waals surface area contributed by atoms with E-state index in [-0.39, 0.29) is 17.5 Å². The van der Waals surface area contributed by atoms with E-state index in [1.54, 1.807) is 22.6 Å². The van der Waals surface area contributed by atoms with E-state index in [0.29, 0.717) is 12.2 Å². The summed E-state index contributed by atoms with van der Waals surface area (Å²) in [5.41, 5.74) is 6.04. The zero-order valence-corrected chi connectivity index (χ0v) is 12.1. The molecule has 0 saturated heterocycles. The van der Waals surface area contributed by atoms with Crippen LogP contribution in [0.25, 0.3) is 0 Å². The molecule has 0 aromatic carbocycles. The van der Waals surface area contributed by atoms with E-state index in [9.17, 15) is 8.42 Å². The van der Waals surface area contributed by atoms with E-state index in [1.807, 2.05) is 6.92 Å². The molecule has 1 aromatic heterocycles. The van der Waals surface area contributed by atoms with Crippen LogP contribution in [0.5, 0.6) is 0 Å². The number of rotatable bonds is 5. The Morgan fingerprint density at radius 3 is 2.68 bits per heavy atom. The van der Waals surface area contributed by atoms with Crippen molar-refractivity contribution in [2.24, 2.45) is 5.73 Å². The first kappa shape index (κ1) is 14.4. The molecule has 19 heavy (non-hydrogen) atoms. The second-order valence-corrected chi connectivity index (χ2v) is 6.66. The summed E-state index contributed by atoms with van der Waals surface area (Å²) in [4.78, 5) is 4.33. The van der Waals surface area contributed by atoms with E-state index < -0.39 is 10.0 Å². The van der Waals surface area contributed by atoms with Gasteiger partial charge in [0.1, 0.15) is 4.90 Å². The molecule has 0 aliphatic heterocycles. The van der Waals surface area contributed by atoms with Crippen LogP contribution in [0.15, 0.2) is 23.2 Å². The minimum absolute atomic E-state index is 0.126. The Hall–Kier alpha value is -0.980. The molecule has 1 heterocycles. The molecule has 0 amide bonds. The highest BCUT2D eigenvalue weighted by atomic mass is 32.2. The van der Waals surface area contributed by atoms with Crippen LogP contribution in [0.2, 0.25) is 0 Å². The van der Waals surface area contributed by atoms with Crippen LogP contribution in [-0.2, 0) is 16.6 Å². The van der Waals surface area contributed by atoms with Crippen molar-refractivity contribution in [2.45, 2.75) is 50.1 Å². The number of sulfonamides is 1. The minimum atomic E-state index is -3.49. The summed E-state index contributed by atoms with van der Waals surface area (Å²) in [5, 5.41) is 0. The van der Waals surface area contributed by atoms with Crippen LogP contribution >= 0.6 is 0 Å². The molecule has 106 valence electrons. The van der Waals surface area contributed by atoms with Crippen LogP contribution < -0.4 is 5.73 Å². The van der Waals surface area contributed by atoms with Gasteiger partial charge in [-0.2, -0.15) is 4.31 Å². The molecule has 6 heteroatoms. The maximum absolute atomic E-state index is 12.8. The lowest BCUT2D eigenvalue weighted by Gasteiger charge is -2.27. The molecule has 0 spiro atoms. The molecule has 2 rings (SSSR count).